The minimum Gasteiger partial charge on any atom is -0.383 e. The van der Waals surface area contributed by atoms with Gasteiger partial charge in [-0.15, -0.1) is 0 Å². The molecule has 11 heteroatoms. The molecular formula is C20H18ClN5O5. The molecule has 3 N–H and O–H groups in total. The molecule has 160 valence electrons. The summed E-state index contributed by atoms with van der Waals surface area (Å²) in [6.45, 7) is 1.70. The van der Waals surface area contributed by atoms with Crippen LogP contribution in [0.5, 0.6) is 0 Å². The van der Waals surface area contributed by atoms with E-state index >= 15 is 0 Å². The number of anilines is 2. The van der Waals surface area contributed by atoms with E-state index in [1.54, 1.807) is 31.2 Å². The summed E-state index contributed by atoms with van der Waals surface area (Å²) >= 11 is 5.81. The van der Waals surface area contributed by atoms with Crippen molar-refractivity contribution in [1.29, 1.82) is 0 Å². The second kappa shape index (κ2) is 8.84. The summed E-state index contributed by atoms with van der Waals surface area (Å²) in [5.74, 6) is -0.902. The number of aromatic amines is 1. The number of rotatable bonds is 6. The lowest BCUT2D eigenvalue weighted by Gasteiger charge is -2.23. The van der Waals surface area contributed by atoms with Gasteiger partial charge in [-0.3, -0.25) is 29.3 Å². The molecular weight excluding hydrogens is 426 g/mol. The number of nitro benzene ring substituents is 1. The van der Waals surface area contributed by atoms with E-state index < -0.39 is 27.8 Å². The highest BCUT2D eigenvalue weighted by Crippen LogP contribution is 2.27. The minimum absolute atomic E-state index is 0.0199. The lowest BCUT2D eigenvalue weighted by molar-refractivity contribution is -0.384. The number of nitrogen functional groups attached to an aromatic ring is 1. The quantitative estimate of drug-likeness (QED) is 0.442. The standard InChI is InChI=1S/C20H18ClN5O5/c1-2-24(19(28)13-8-9-14(21)15(10-13)26(30)31)16-17(22)25(20(29)23-18(16)27)11-12-6-4-3-5-7-12/h3-10H,2,11,22H2,1H3,(H,23,27,29). The fraction of sp³-hybridized carbons (Fsp3) is 0.150. The fourth-order valence-electron chi connectivity index (χ4n) is 3.11. The van der Waals surface area contributed by atoms with E-state index in [0.29, 0.717) is 0 Å². The van der Waals surface area contributed by atoms with Gasteiger partial charge in [0.2, 0.25) is 0 Å². The first-order valence-corrected chi connectivity index (χ1v) is 9.54. The van der Waals surface area contributed by atoms with Gasteiger partial charge >= 0.3 is 5.69 Å². The first kappa shape index (κ1) is 21.8. The van der Waals surface area contributed by atoms with Crippen molar-refractivity contribution in [2.75, 3.05) is 17.2 Å². The van der Waals surface area contributed by atoms with Gasteiger partial charge in [0.05, 0.1) is 11.5 Å². The first-order valence-electron chi connectivity index (χ1n) is 9.17. The average molecular weight is 444 g/mol. The summed E-state index contributed by atoms with van der Waals surface area (Å²) in [4.78, 5) is 51.7. The molecule has 0 saturated carbocycles. The van der Waals surface area contributed by atoms with Gasteiger partial charge in [0.15, 0.2) is 5.69 Å². The molecule has 0 aliphatic heterocycles. The molecule has 3 aromatic rings. The Balaban J connectivity index is 2.09. The highest BCUT2D eigenvalue weighted by molar-refractivity contribution is 6.32. The van der Waals surface area contributed by atoms with Crippen LogP contribution in [0.2, 0.25) is 5.02 Å². The van der Waals surface area contributed by atoms with E-state index in [0.717, 1.165) is 21.1 Å². The van der Waals surface area contributed by atoms with Gasteiger partial charge < -0.3 is 10.6 Å². The number of halogens is 1. The molecule has 0 bridgehead atoms. The number of aromatic nitrogens is 2. The maximum atomic E-state index is 13.1. The molecule has 2 aromatic carbocycles. The molecule has 1 aromatic heterocycles. The molecule has 0 aliphatic rings. The molecule has 0 aliphatic carbocycles. The Morgan fingerprint density at radius 3 is 2.52 bits per heavy atom. The number of hydrogen-bond donors (Lipinski definition) is 2. The molecule has 0 radical (unpaired) electrons. The van der Waals surface area contributed by atoms with Crippen molar-refractivity contribution < 1.29 is 9.72 Å². The average Bonchev–Trinajstić information content (AvgIpc) is 2.74. The van der Waals surface area contributed by atoms with Crippen LogP contribution in [0.1, 0.15) is 22.8 Å². The summed E-state index contributed by atoms with van der Waals surface area (Å²) in [7, 11) is 0. The maximum Gasteiger partial charge on any atom is 0.330 e. The van der Waals surface area contributed by atoms with Gasteiger partial charge in [-0.25, -0.2) is 4.79 Å². The van der Waals surface area contributed by atoms with Crippen LogP contribution in [0.25, 0.3) is 0 Å². The Kier molecular flexibility index (Phi) is 6.21. The zero-order valence-electron chi connectivity index (χ0n) is 16.4. The molecule has 10 nitrogen and oxygen atoms in total. The summed E-state index contributed by atoms with van der Waals surface area (Å²) in [5.41, 5.74) is 4.62. The highest BCUT2D eigenvalue weighted by atomic mass is 35.5. The van der Waals surface area contributed by atoms with E-state index in [1.807, 2.05) is 6.07 Å². The molecule has 0 spiro atoms. The zero-order chi connectivity index (χ0) is 22.7. The Labute approximate surface area is 180 Å². The molecule has 0 fully saturated rings. The van der Waals surface area contributed by atoms with Crippen LogP contribution in [0.15, 0.2) is 58.1 Å². The van der Waals surface area contributed by atoms with Gasteiger partial charge in [-0.2, -0.15) is 0 Å². The van der Waals surface area contributed by atoms with Gasteiger partial charge in [0.25, 0.3) is 17.2 Å². The number of nitrogens with one attached hydrogen (secondary N) is 1. The zero-order valence-corrected chi connectivity index (χ0v) is 17.1. The Morgan fingerprint density at radius 1 is 1.23 bits per heavy atom. The van der Waals surface area contributed by atoms with Crippen molar-refractivity contribution in [3.8, 4) is 0 Å². The molecule has 0 saturated heterocycles. The molecule has 1 amide bonds. The number of carbonyl (C=O) groups excluding carboxylic acids is 1. The molecule has 0 atom stereocenters. The molecule has 0 unspecified atom stereocenters. The lowest BCUT2D eigenvalue weighted by atomic mass is 10.1. The highest BCUT2D eigenvalue weighted by Gasteiger charge is 2.26. The Bertz CT molecular complexity index is 1270. The Morgan fingerprint density at radius 2 is 1.90 bits per heavy atom. The lowest BCUT2D eigenvalue weighted by Crippen LogP contribution is -2.41. The topological polar surface area (TPSA) is 144 Å². The summed E-state index contributed by atoms with van der Waals surface area (Å²) in [5, 5.41) is 11.0. The number of carbonyl (C=O) groups is 1. The van der Waals surface area contributed by atoms with Crippen LogP contribution in [0, 0.1) is 10.1 Å². The van der Waals surface area contributed by atoms with Crippen LogP contribution in [-0.4, -0.2) is 26.9 Å². The predicted octanol–water partition coefficient (Wildman–Crippen LogP) is 2.40. The normalized spacial score (nSPS) is 10.6. The largest absolute Gasteiger partial charge is 0.383 e. The van der Waals surface area contributed by atoms with Crippen molar-refractivity contribution in [3.63, 3.8) is 0 Å². The number of amides is 1. The van der Waals surface area contributed by atoms with Crippen LogP contribution < -0.4 is 21.9 Å². The van der Waals surface area contributed by atoms with E-state index in [1.165, 1.54) is 12.1 Å². The number of nitrogens with zero attached hydrogens (tertiary/aromatic N) is 3. The second-order valence-electron chi connectivity index (χ2n) is 6.54. The van der Waals surface area contributed by atoms with E-state index in [2.05, 4.69) is 4.98 Å². The summed E-state index contributed by atoms with van der Waals surface area (Å²) < 4.78 is 1.15. The van der Waals surface area contributed by atoms with Crippen LogP contribution >= 0.6 is 11.6 Å². The predicted molar refractivity (Wildman–Crippen MR) is 117 cm³/mol. The number of benzene rings is 2. The van der Waals surface area contributed by atoms with Gasteiger partial charge in [-0.05, 0) is 24.6 Å². The molecule has 31 heavy (non-hydrogen) atoms. The first-order chi connectivity index (χ1) is 14.7. The third kappa shape index (κ3) is 4.33. The van der Waals surface area contributed by atoms with E-state index in [-0.39, 0.29) is 35.2 Å². The van der Waals surface area contributed by atoms with Crippen LogP contribution in [-0.2, 0) is 6.54 Å². The number of H-pyrrole nitrogens is 1. The minimum atomic E-state index is -0.842. The molecule has 3 rings (SSSR count). The maximum absolute atomic E-state index is 13.1. The van der Waals surface area contributed by atoms with Crippen molar-refractivity contribution in [2.45, 2.75) is 13.5 Å². The van der Waals surface area contributed by atoms with Gasteiger partial charge in [-0.1, -0.05) is 41.9 Å². The number of hydrogen-bond acceptors (Lipinski definition) is 6. The second-order valence-corrected chi connectivity index (χ2v) is 6.94. The monoisotopic (exact) mass is 443 g/mol. The SMILES string of the molecule is CCN(C(=O)c1ccc(Cl)c([N+](=O)[O-])c1)c1c(N)n(Cc2ccccc2)c(=O)[nH]c1=O. The van der Waals surface area contributed by atoms with Crippen molar-refractivity contribution >= 4 is 34.7 Å². The molecule has 1 heterocycles. The van der Waals surface area contributed by atoms with E-state index in [9.17, 15) is 24.5 Å². The van der Waals surface area contributed by atoms with Gasteiger partial charge in [0, 0.05) is 18.2 Å². The smallest absolute Gasteiger partial charge is 0.330 e. The van der Waals surface area contributed by atoms with Gasteiger partial charge in [0.1, 0.15) is 10.8 Å². The van der Waals surface area contributed by atoms with E-state index in [4.69, 9.17) is 17.3 Å². The van der Waals surface area contributed by atoms with Crippen LogP contribution in [0.3, 0.4) is 0 Å². The van der Waals surface area contributed by atoms with Crippen LogP contribution in [0.4, 0.5) is 17.2 Å². The number of nitrogens with two attached hydrogens (primary N) is 1. The van der Waals surface area contributed by atoms with Crippen molar-refractivity contribution in [3.05, 3.63) is 95.6 Å². The fourth-order valence-corrected chi connectivity index (χ4v) is 3.29. The Hall–Kier alpha value is -3.92. The van der Waals surface area contributed by atoms with Crippen molar-refractivity contribution in [1.82, 2.24) is 9.55 Å². The summed E-state index contributed by atoms with van der Waals surface area (Å²) in [6.07, 6.45) is 0. The third-order valence-corrected chi connectivity index (χ3v) is 4.94. The number of nitro groups is 1. The third-order valence-electron chi connectivity index (χ3n) is 4.62. The van der Waals surface area contributed by atoms with Crippen molar-refractivity contribution in [2.24, 2.45) is 0 Å². The summed E-state index contributed by atoms with van der Waals surface area (Å²) in [6, 6.07) is 12.5.